The van der Waals surface area contributed by atoms with E-state index in [9.17, 15) is 0 Å². The molecular formula is C20H12N2O. The molecule has 0 aliphatic carbocycles. The molecule has 3 heteroatoms. The van der Waals surface area contributed by atoms with Crippen molar-refractivity contribution < 1.29 is 4.42 Å². The lowest BCUT2D eigenvalue weighted by Gasteiger charge is -2.04. The van der Waals surface area contributed by atoms with Crippen molar-refractivity contribution in [3.05, 3.63) is 73.1 Å². The molecule has 0 atom stereocenters. The van der Waals surface area contributed by atoms with Crippen molar-refractivity contribution in [2.45, 2.75) is 0 Å². The van der Waals surface area contributed by atoms with Crippen molar-refractivity contribution in [3.63, 3.8) is 0 Å². The molecule has 23 heavy (non-hydrogen) atoms. The third-order valence-corrected chi connectivity index (χ3v) is 4.17. The van der Waals surface area contributed by atoms with E-state index in [2.05, 4.69) is 28.2 Å². The van der Waals surface area contributed by atoms with Crippen LogP contribution >= 0.6 is 0 Å². The molecule has 0 aliphatic heterocycles. The normalized spacial score (nSPS) is 11.5. The van der Waals surface area contributed by atoms with Crippen molar-refractivity contribution in [1.82, 2.24) is 9.97 Å². The van der Waals surface area contributed by atoms with Gasteiger partial charge in [0.2, 0.25) is 0 Å². The fourth-order valence-electron chi connectivity index (χ4n) is 3.08. The van der Waals surface area contributed by atoms with E-state index in [1.807, 2.05) is 54.9 Å². The molecule has 2 aromatic carbocycles. The monoisotopic (exact) mass is 296 g/mol. The molecule has 0 saturated carbocycles. The standard InChI is InChI=1S/C20H12N2O/c1-2-9-18-14(7-1)16-12-22-17(11-19(16)23-18)15-8-3-5-13-6-4-10-21-20(13)15/h1-12H. The van der Waals surface area contributed by atoms with Crippen LogP contribution in [0.4, 0.5) is 0 Å². The number of para-hydroxylation sites is 2. The quantitative estimate of drug-likeness (QED) is 0.427. The van der Waals surface area contributed by atoms with Crippen molar-refractivity contribution in [3.8, 4) is 11.3 Å². The molecule has 0 unspecified atom stereocenters. The van der Waals surface area contributed by atoms with E-state index in [1.165, 1.54) is 0 Å². The second kappa shape index (κ2) is 4.65. The zero-order chi connectivity index (χ0) is 15.2. The summed E-state index contributed by atoms with van der Waals surface area (Å²) in [4.78, 5) is 9.16. The predicted molar refractivity (Wildman–Crippen MR) is 92.3 cm³/mol. The lowest BCUT2D eigenvalue weighted by Crippen LogP contribution is -1.87. The van der Waals surface area contributed by atoms with E-state index in [1.54, 1.807) is 0 Å². The number of nitrogens with zero attached hydrogens (tertiary/aromatic N) is 2. The summed E-state index contributed by atoms with van der Waals surface area (Å²) in [6.45, 7) is 0. The molecule has 3 nitrogen and oxygen atoms in total. The maximum absolute atomic E-state index is 5.97. The highest BCUT2D eigenvalue weighted by molar-refractivity contribution is 6.05. The first-order chi connectivity index (χ1) is 11.4. The molecule has 0 radical (unpaired) electrons. The van der Waals surface area contributed by atoms with Gasteiger partial charge in [0.15, 0.2) is 0 Å². The third kappa shape index (κ3) is 1.83. The first-order valence-corrected chi connectivity index (χ1v) is 7.51. The fraction of sp³-hybridized carbons (Fsp3) is 0. The first kappa shape index (κ1) is 12.4. The molecule has 3 aromatic heterocycles. The summed E-state index contributed by atoms with van der Waals surface area (Å²) in [6, 6.07) is 20.2. The Kier molecular flexibility index (Phi) is 2.50. The van der Waals surface area contributed by atoms with E-state index in [0.717, 1.165) is 44.1 Å². The van der Waals surface area contributed by atoms with Gasteiger partial charge in [-0.25, -0.2) is 0 Å². The lowest BCUT2D eigenvalue weighted by atomic mass is 10.1. The van der Waals surface area contributed by atoms with Gasteiger partial charge >= 0.3 is 0 Å². The Bertz CT molecular complexity index is 1170. The Morgan fingerprint density at radius 3 is 2.65 bits per heavy atom. The van der Waals surface area contributed by atoms with Crippen LogP contribution in [0.1, 0.15) is 0 Å². The number of furan rings is 1. The number of pyridine rings is 2. The smallest absolute Gasteiger partial charge is 0.139 e. The van der Waals surface area contributed by atoms with Gasteiger partial charge in [-0.05, 0) is 12.1 Å². The average Bonchev–Trinajstić information content (AvgIpc) is 2.99. The van der Waals surface area contributed by atoms with Gasteiger partial charge in [0.05, 0.1) is 11.2 Å². The topological polar surface area (TPSA) is 38.9 Å². The number of hydrogen-bond acceptors (Lipinski definition) is 3. The minimum atomic E-state index is 0.851. The van der Waals surface area contributed by atoms with E-state index < -0.39 is 0 Å². The lowest BCUT2D eigenvalue weighted by molar-refractivity contribution is 0.668. The van der Waals surface area contributed by atoms with Gasteiger partial charge in [0, 0.05) is 40.2 Å². The van der Waals surface area contributed by atoms with Gasteiger partial charge in [-0.1, -0.05) is 42.5 Å². The molecule has 0 bridgehead atoms. The van der Waals surface area contributed by atoms with Gasteiger partial charge in [-0.3, -0.25) is 9.97 Å². The van der Waals surface area contributed by atoms with Crippen LogP contribution in [0.15, 0.2) is 77.5 Å². The van der Waals surface area contributed by atoms with Crippen molar-refractivity contribution in [2.75, 3.05) is 0 Å². The van der Waals surface area contributed by atoms with Crippen LogP contribution in [0.2, 0.25) is 0 Å². The first-order valence-electron chi connectivity index (χ1n) is 7.51. The van der Waals surface area contributed by atoms with E-state index in [0.29, 0.717) is 0 Å². The molecule has 0 spiro atoms. The van der Waals surface area contributed by atoms with Crippen LogP contribution < -0.4 is 0 Å². The maximum atomic E-state index is 5.97. The van der Waals surface area contributed by atoms with Gasteiger partial charge in [-0.15, -0.1) is 0 Å². The minimum Gasteiger partial charge on any atom is -0.456 e. The summed E-state index contributed by atoms with van der Waals surface area (Å²) < 4.78 is 5.97. The Morgan fingerprint density at radius 1 is 0.739 bits per heavy atom. The minimum absolute atomic E-state index is 0.851. The zero-order valence-corrected chi connectivity index (χ0v) is 12.2. The van der Waals surface area contributed by atoms with Crippen LogP contribution in [-0.2, 0) is 0 Å². The Balaban J connectivity index is 1.81. The van der Waals surface area contributed by atoms with E-state index >= 15 is 0 Å². The van der Waals surface area contributed by atoms with Crippen LogP contribution in [0.25, 0.3) is 44.1 Å². The molecule has 108 valence electrons. The van der Waals surface area contributed by atoms with Crippen molar-refractivity contribution in [1.29, 1.82) is 0 Å². The van der Waals surface area contributed by atoms with E-state index in [-0.39, 0.29) is 0 Å². The maximum Gasteiger partial charge on any atom is 0.139 e. The molecular weight excluding hydrogens is 284 g/mol. The molecule has 0 N–H and O–H groups in total. The third-order valence-electron chi connectivity index (χ3n) is 4.17. The van der Waals surface area contributed by atoms with Gasteiger partial charge in [0.25, 0.3) is 0 Å². The molecule has 5 rings (SSSR count). The SMILES string of the molecule is c1cnc2c(-c3cc4oc5ccccc5c4cn3)cccc2c1. The number of benzene rings is 2. The Hall–Kier alpha value is -3.20. The fourth-order valence-corrected chi connectivity index (χ4v) is 3.08. The average molecular weight is 296 g/mol. The Morgan fingerprint density at radius 2 is 1.65 bits per heavy atom. The van der Waals surface area contributed by atoms with Gasteiger partial charge in [0.1, 0.15) is 11.2 Å². The summed E-state index contributed by atoms with van der Waals surface area (Å²) in [5.41, 5.74) is 4.59. The largest absolute Gasteiger partial charge is 0.456 e. The molecule has 3 heterocycles. The molecule has 0 aliphatic rings. The highest BCUT2D eigenvalue weighted by atomic mass is 16.3. The van der Waals surface area contributed by atoms with E-state index in [4.69, 9.17) is 4.42 Å². The molecule has 0 amide bonds. The second-order valence-electron chi connectivity index (χ2n) is 5.54. The van der Waals surface area contributed by atoms with Crippen molar-refractivity contribution >= 4 is 32.8 Å². The summed E-state index contributed by atoms with van der Waals surface area (Å²) in [5.74, 6) is 0. The second-order valence-corrected chi connectivity index (χ2v) is 5.54. The zero-order valence-electron chi connectivity index (χ0n) is 12.2. The number of aromatic nitrogens is 2. The number of hydrogen-bond donors (Lipinski definition) is 0. The van der Waals surface area contributed by atoms with Crippen LogP contribution in [0, 0.1) is 0 Å². The van der Waals surface area contributed by atoms with Gasteiger partial charge < -0.3 is 4.42 Å². The van der Waals surface area contributed by atoms with Crippen LogP contribution in [0.5, 0.6) is 0 Å². The van der Waals surface area contributed by atoms with Crippen molar-refractivity contribution in [2.24, 2.45) is 0 Å². The predicted octanol–water partition coefficient (Wildman–Crippen LogP) is 5.20. The highest BCUT2D eigenvalue weighted by Gasteiger charge is 2.11. The van der Waals surface area contributed by atoms with Gasteiger partial charge in [-0.2, -0.15) is 0 Å². The summed E-state index contributed by atoms with van der Waals surface area (Å²) in [6.07, 6.45) is 3.70. The van der Waals surface area contributed by atoms with Crippen LogP contribution in [-0.4, -0.2) is 9.97 Å². The number of rotatable bonds is 1. The molecule has 0 saturated heterocycles. The molecule has 0 fully saturated rings. The number of fused-ring (bicyclic) bond motifs is 4. The summed E-state index contributed by atoms with van der Waals surface area (Å²) in [7, 11) is 0. The highest BCUT2D eigenvalue weighted by Crippen LogP contribution is 2.32. The Labute approximate surface area is 132 Å². The molecule has 5 aromatic rings. The summed E-state index contributed by atoms with van der Waals surface area (Å²) in [5, 5.41) is 3.24. The summed E-state index contributed by atoms with van der Waals surface area (Å²) >= 11 is 0. The van der Waals surface area contributed by atoms with Crippen LogP contribution in [0.3, 0.4) is 0 Å².